The molecule has 0 aliphatic heterocycles. The zero-order valence-electron chi connectivity index (χ0n) is 6.42. The molecule has 1 nitrogen and oxygen atoms in total. The summed E-state index contributed by atoms with van der Waals surface area (Å²) in [6, 6.07) is 10.3. The average Bonchev–Trinajstić information content (AvgIpc) is 2.06. The second kappa shape index (κ2) is 3.85. The van der Waals surface area contributed by atoms with Gasteiger partial charge in [-0.15, -0.1) is 0 Å². The van der Waals surface area contributed by atoms with E-state index in [1.165, 1.54) is 10.6 Å². The van der Waals surface area contributed by atoms with Crippen LogP contribution in [-0.4, -0.2) is 15.2 Å². The van der Waals surface area contributed by atoms with Crippen molar-refractivity contribution in [3.8, 4) is 0 Å². The van der Waals surface area contributed by atoms with Crippen molar-refractivity contribution in [3.63, 3.8) is 0 Å². The third-order valence-corrected chi connectivity index (χ3v) is 2.29. The van der Waals surface area contributed by atoms with Gasteiger partial charge in [0.15, 0.2) is 0 Å². The molecule has 0 aliphatic carbocycles. The molecule has 0 aliphatic rings. The van der Waals surface area contributed by atoms with Gasteiger partial charge >= 0.3 is 0 Å². The summed E-state index contributed by atoms with van der Waals surface area (Å²) in [7, 11) is 1.88. The Morgan fingerprint density at radius 3 is 2.58 bits per heavy atom. The van der Waals surface area contributed by atoms with Gasteiger partial charge in [0, 0.05) is 23.3 Å². The van der Waals surface area contributed by atoms with E-state index in [0.717, 1.165) is 5.52 Å². The molecule has 0 atom stereocenters. The number of aromatic nitrogens is 1. The number of benzene rings is 1. The first-order valence-corrected chi connectivity index (χ1v) is 4.24. The largest absolute Gasteiger partial charge is 0.256 e. The fourth-order valence-electron chi connectivity index (χ4n) is 1.17. The topological polar surface area (TPSA) is 12.9 Å². The molecule has 3 heteroatoms. The van der Waals surface area contributed by atoms with E-state index in [-0.39, 0.29) is 17.1 Å². The van der Waals surface area contributed by atoms with E-state index >= 15 is 0 Å². The third-order valence-electron chi connectivity index (χ3n) is 1.72. The Morgan fingerprint density at radius 1 is 1.08 bits per heavy atom. The predicted octanol–water partition coefficient (Wildman–Crippen LogP) is 0.491. The van der Waals surface area contributed by atoms with Crippen molar-refractivity contribution in [2.75, 3.05) is 0 Å². The van der Waals surface area contributed by atoms with Gasteiger partial charge in [0.2, 0.25) is 0 Å². The van der Waals surface area contributed by atoms with E-state index in [1.54, 1.807) is 0 Å². The molecule has 1 heterocycles. The molecule has 64 valence electrons. The molecule has 1 aromatic carbocycles. The Labute approximate surface area is 85.1 Å². The SMILES string of the molecule is [Cu].[SiH2]c1cccc2cccnc12. The summed E-state index contributed by atoms with van der Waals surface area (Å²) in [5.74, 6) is 0. The fraction of sp³-hybridized carbons (Fsp3) is 0. The maximum Gasteiger partial charge on any atom is 0.0684 e. The van der Waals surface area contributed by atoms with Crippen LogP contribution in [0.2, 0.25) is 0 Å². The number of fused-ring (bicyclic) bond motifs is 1. The maximum absolute atomic E-state index is 4.29. The standard InChI is InChI=1S/C9H8NSi.Cu/c11-8-5-1-3-7-4-2-6-10-9(7)8;/h1-6H,11H2;. The number of pyridine rings is 1. The summed E-state index contributed by atoms with van der Waals surface area (Å²) in [6.07, 6.45) is 1.83. The number of hydrogen-bond donors (Lipinski definition) is 0. The second-order valence-corrected chi connectivity index (χ2v) is 3.25. The molecular formula is C9H8CuNSi. The minimum atomic E-state index is 0. The Morgan fingerprint density at radius 2 is 1.83 bits per heavy atom. The van der Waals surface area contributed by atoms with Gasteiger partial charge in [0.05, 0.1) is 15.8 Å². The van der Waals surface area contributed by atoms with Crippen molar-refractivity contribution < 1.29 is 17.1 Å². The molecule has 0 saturated carbocycles. The molecule has 2 radical (unpaired) electrons. The van der Waals surface area contributed by atoms with Crippen LogP contribution in [-0.2, 0) is 17.1 Å². The zero-order valence-corrected chi connectivity index (χ0v) is 8.78. The van der Waals surface area contributed by atoms with Gasteiger partial charge in [-0.2, -0.15) is 0 Å². The number of nitrogens with zero attached hydrogens (tertiary/aromatic N) is 1. The quantitative estimate of drug-likeness (QED) is 0.591. The van der Waals surface area contributed by atoms with Gasteiger partial charge < -0.3 is 0 Å². The normalized spacial score (nSPS) is 9.42. The van der Waals surface area contributed by atoms with Crippen LogP contribution in [0.3, 0.4) is 0 Å². The van der Waals surface area contributed by atoms with Gasteiger partial charge in [-0.05, 0) is 16.6 Å². The van der Waals surface area contributed by atoms with Crippen molar-refractivity contribution in [2.24, 2.45) is 0 Å². The van der Waals surface area contributed by atoms with Crippen LogP contribution in [0, 0.1) is 0 Å². The van der Waals surface area contributed by atoms with E-state index in [2.05, 4.69) is 29.2 Å². The monoisotopic (exact) mass is 221 g/mol. The summed E-state index contributed by atoms with van der Waals surface area (Å²) in [5, 5.41) is 2.49. The van der Waals surface area contributed by atoms with Gasteiger partial charge in [-0.25, -0.2) is 0 Å². The first-order valence-electron chi connectivity index (χ1n) is 3.53. The molecular weight excluding hydrogens is 214 g/mol. The van der Waals surface area contributed by atoms with Crippen molar-refractivity contribution in [2.45, 2.75) is 0 Å². The first-order chi connectivity index (χ1) is 5.38. The number of hydrogen-bond acceptors (Lipinski definition) is 1. The number of para-hydroxylation sites is 1. The molecule has 0 saturated heterocycles. The van der Waals surface area contributed by atoms with E-state index in [1.807, 2.05) is 22.5 Å². The van der Waals surface area contributed by atoms with Crippen molar-refractivity contribution in [1.29, 1.82) is 0 Å². The summed E-state index contributed by atoms with van der Waals surface area (Å²) < 4.78 is 0. The van der Waals surface area contributed by atoms with Crippen molar-refractivity contribution in [3.05, 3.63) is 36.5 Å². The molecule has 0 spiro atoms. The molecule has 0 unspecified atom stereocenters. The molecule has 0 amide bonds. The Bertz CT molecular complexity index is 384. The summed E-state index contributed by atoms with van der Waals surface area (Å²) in [4.78, 5) is 4.29. The van der Waals surface area contributed by atoms with Crippen LogP contribution in [0.25, 0.3) is 10.9 Å². The van der Waals surface area contributed by atoms with Crippen LogP contribution in [0.1, 0.15) is 0 Å². The Balaban J connectivity index is 0.000000720. The fourth-order valence-corrected chi connectivity index (χ4v) is 1.60. The Kier molecular flexibility index (Phi) is 3.03. The van der Waals surface area contributed by atoms with Crippen LogP contribution in [0.4, 0.5) is 0 Å². The molecule has 12 heavy (non-hydrogen) atoms. The molecule has 2 rings (SSSR count). The van der Waals surface area contributed by atoms with Gasteiger partial charge in [0.25, 0.3) is 0 Å². The van der Waals surface area contributed by atoms with Crippen LogP contribution >= 0.6 is 0 Å². The molecule has 1 aromatic heterocycles. The van der Waals surface area contributed by atoms with E-state index in [0.29, 0.717) is 0 Å². The minimum Gasteiger partial charge on any atom is -0.256 e. The van der Waals surface area contributed by atoms with Gasteiger partial charge in [-0.1, -0.05) is 24.3 Å². The van der Waals surface area contributed by atoms with Crippen LogP contribution in [0.5, 0.6) is 0 Å². The maximum atomic E-state index is 4.29. The summed E-state index contributed by atoms with van der Waals surface area (Å²) in [6.45, 7) is 0. The Hall–Kier alpha value is -0.634. The second-order valence-electron chi connectivity index (χ2n) is 2.49. The van der Waals surface area contributed by atoms with Gasteiger partial charge in [0.1, 0.15) is 0 Å². The molecule has 0 fully saturated rings. The van der Waals surface area contributed by atoms with Crippen LogP contribution in [0.15, 0.2) is 36.5 Å². The molecule has 2 aromatic rings. The van der Waals surface area contributed by atoms with Gasteiger partial charge in [-0.3, -0.25) is 4.98 Å². The van der Waals surface area contributed by atoms with Crippen LogP contribution < -0.4 is 5.19 Å². The van der Waals surface area contributed by atoms with E-state index < -0.39 is 0 Å². The van der Waals surface area contributed by atoms with E-state index in [4.69, 9.17) is 0 Å². The van der Waals surface area contributed by atoms with Crippen molar-refractivity contribution >= 4 is 26.3 Å². The number of rotatable bonds is 0. The van der Waals surface area contributed by atoms with Crippen molar-refractivity contribution in [1.82, 2.24) is 4.98 Å². The zero-order chi connectivity index (χ0) is 7.68. The minimum absolute atomic E-state index is 0. The van der Waals surface area contributed by atoms with E-state index in [9.17, 15) is 0 Å². The third kappa shape index (κ3) is 1.58. The first kappa shape index (κ1) is 9.45. The molecule has 0 bridgehead atoms. The molecule has 0 N–H and O–H groups in total. The predicted molar refractivity (Wildman–Crippen MR) is 49.9 cm³/mol. The summed E-state index contributed by atoms with van der Waals surface area (Å²) in [5.41, 5.74) is 1.12. The summed E-state index contributed by atoms with van der Waals surface area (Å²) >= 11 is 0. The average molecular weight is 222 g/mol. The smallest absolute Gasteiger partial charge is 0.0684 e.